The number of para-hydroxylation sites is 1. The van der Waals surface area contributed by atoms with Gasteiger partial charge in [-0.3, -0.25) is 4.90 Å². The van der Waals surface area contributed by atoms with Gasteiger partial charge in [-0.1, -0.05) is 42.5 Å². The molecule has 0 fully saturated rings. The third-order valence-corrected chi connectivity index (χ3v) is 4.14. The van der Waals surface area contributed by atoms with Crippen LogP contribution in [0.1, 0.15) is 26.3 Å². The molecule has 0 bridgehead atoms. The molecule has 0 aliphatic carbocycles. The lowest BCUT2D eigenvalue weighted by atomic mass is 10.1. The van der Waals surface area contributed by atoms with E-state index in [1.54, 1.807) is 4.90 Å². The number of rotatable bonds is 4. The van der Waals surface area contributed by atoms with Crippen molar-refractivity contribution in [2.75, 3.05) is 11.4 Å². The topological polar surface area (TPSA) is 29.5 Å². The van der Waals surface area contributed by atoms with Crippen molar-refractivity contribution < 1.29 is 9.53 Å². The Kier molecular flexibility index (Phi) is 6.04. The third kappa shape index (κ3) is 5.53. The van der Waals surface area contributed by atoms with Crippen molar-refractivity contribution >= 4 is 34.4 Å². The summed E-state index contributed by atoms with van der Waals surface area (Å²) in [5.41, 5.74) is 1.58. The summed E-state index contributed by atoms with van der Waals surface area (Å²) in [6.07, 6.45) is 0.475. The Labute approximate surface area is 151 Å². The number of carbonyl (C=O) groups is 1. The van der Waals surface area contributed by atoms with E-state index in [1.165, 1.54) is 5.56 Å². The molecule has 0 radical (unpaired) electrons. The van der Waals surface area contributed by atoms with Crippen LogP contribution in [-0.4, -0.2) is 18.2 Å². The number of hydrogen-bond acceptors (Lipinski definition) is 2. The summed E-state index contributed by atoms with van der Waals surface area (Å²) < 4.78 is 6.61. The second-order valence-electron chi connectivity index (χ2n) is 6.32. The van der Waals surface area contributed by atoms with Crippen LogP contribution in [0, 0.1) is 3.57 Å². The highest BCUT2D eigenvalue weighted by atomic mass is 127. The van der Waals surface area contributed by atoms with Crippen molar-refractivity contribution in [3.05, 3.63) is 63.7 Å². The summed E-state index contributed by atoms with van der Waals surface area (Å²) in [7, 11) is 0. The predicted octanol–water partition coefficient (Wildman–Crippen LogP) is 5.28. The van der Waals surface area contributed by atoms with E-state index < -0.39 is 5.60 Å². The summed E-state index contributed by atoms with van der Waals surface area (Å²) in [4.78, 5) is 14.4. The fourth-order valence-corrected chi connectivity index (χ4v) is 2.86. The Balaban J connectivity index is 2.21. The maximum atomic E-state index is 12.6. The van der Waals surface area contributed by atoms with Crippen molar-refractivity contribution in [3.8, 4) is 0 Å². The molecule has 2 aromatic rings. The summed E-state index contributed by atoms with van der Waals surface area (Å²) in [5, 5.41) is 0. The van der Waals surface area contributed by atoms with Crippen LogP contribution in [0.5, 0.6) is 0 Å². The molecular formula is C19H22INO2. The molecule has 23 heavy (non-hydrogen) atoms. The Morgan fingerprint density at radius 2 is 1.65 bits per heavy atom. The summed E-state index contributed by atoms with van der Waals surface area (Å²) in [6, 6.07) is 18.0. The van der Waals surface area contributed by atoms with Crippen LogP contribution in [0.2, 0.25) is 0 Å². The first-order chi connectivity index (χ1) is 10.9. The lowest BCUT2D eigenvalue weighted by Crippen LogP contribution is -2.38. The molecule has 0 unspecified atom stereocenters. The maximum Gasteiger partial charge on any atom is 0.414 e. The van der Waals surface area contributed by atoms with Crippen molar-refractivity contribution in [1.82, 2.24) is 0 Å². The van der Waals surface area contributed by atoms with Crippen LogP contribution in [0.3, 0.4) is 0 Å². The molecule has 3 nitrogen and oxygen atoms in total. The molecule has 4 heteroatoms. The first kappa shape index (κ1) is 17.8. The van der Waals surface area contributed by atoms with Crippen LogP contribution in [0.4, 0.5) is 10.5 Å². The number of hydrogen-bond donors (Lipinski definition) is 0. The SMILES string of the molecule is CC(C)(C)OC(=O)N(CCc1ccccc1)c1ccccc1I. The Morgan fingerprint density at radius 1 is 1.04 bits per heavy atom. The van der Waals surface area contributed by atoms with Crippen molar-refractivity contribution in [2.24, 2.45) is 0 Å². The van der Waals surface area contributed by atoms with Crippen molar-refractivity contribution in [1.29, 1.82) is 0 Å². The van der Waals surface area contributed by atoms with Gasteiger partial charge in [-0.2, -0.15) is 0 Å². The summed E-state index contributed by atoms with van der Waals surface area (Å²) in [5.74, 6) is 0. The van der Waals surface area contributed by atoms with Gasteiger partial charge in [0.15, 0.2) is 0 Å². The number of anilines is 1. The van der Waals surface area contributed by atoms with Crippen LogP contribution in [0.15, 0.2) is 54.6 Å². The van der Waals surface area contributed by atoms with E-state index in [1.807, 2.05) is 63.2 Å². The first-order valence-electron chi connectivity index (χ1n) is 7.66. The molecule has 0 spiro atoms. The molecule has 0 heterocycles. The molecule has 0 aromatic heterocycles. The van der Waals surface area contributed by atoms with Gasteiger partial charge in [0.25, 0.3) is 0 Å². The molecule has 1 amide bonds. The molecule has 2 aromatic carbocycles. The first-order valence-corrected chi connectivity index (χ1v) is 8.74. The van der Waals surface area contributed by atoms with Gasteiger partial charge < -0.3 is 4.74 Å². The molecule has 0 saturated carbocycles. The fourth-order valence-electron chi connectivity index (χ4n) is 2.18. The van der Waals surface area contributed by atoms with E-state index in [2.05, 4.69) is 34.7 Å². The van der Waals surface area contributed by atoms with Crippen LogP contribution in [0.25, 0.3) is 0 Å². The fraction of sp³-hybridized carbons (Fsp3) is 0.316. The zero-order valence-corrected chi connectivity index (χ0v) is 15.9. The van der Waals surface area contributed by atoms with Crippen molar-refractivity contribution in [2.45, 2.75) is 32.8 Å². The summed E-state index contributed by atoms with van der Waals surface area (Å²) in [6.45, 7) is 6.24. The number of ether oxygens (including phenoxy) is 1. The number of nitrogens with zero attached hydrogens (tertiary/aromatic N) is 1. The highest BCUT2D eigenvalue weighted by Gasteiger charge is 2.24. The average molecular weight is 423 g/mol. The Bertz CT molecular complexity index is 650. The molecule has 0 atom stereocenters. The van der Waals surface area contributed by atoms with Gasteiger partial charge in [0.1, 0.15) is 5.60 Å². The smallest absolute Gasteiger partial charge is 0.414 e. The Morgan fingerprint density at radius 3 is 2.26 bits per heavy atom. The van der Waals surface area contributed by atoms with E-state index in [0.717, 1.165) is 15.7 Å². The largest absolute Gasteiger partial charge is 0.443 e. The van der Waals surface area contributed by atoms with Crippen LogP contribution < -0.4 is 4.90 Å². The van der Waals surface area contributed by atoms with E-state index >= 15 is 0 Å². The Hall–Kier alpha value is -1.56. The molecule has 2 rings (SSSR count). The number of halogens is 1. The van der Waals surface area contributed by atoms with Crippen molar-refractivity contribution in [3.63, 3.8) is 0 Å². The van der Waals surface area contributed by atoms with Crippen LogP contribution >= 0.6 is 22.6 Å². The highest BCUT2D eigenvalue weighted by Crippen LogP contribution is 2.24. The lowest BCUT2D eigenvalue weighted by Gasteiger charge is -2.28. The van der Waals surface area contributed by atoms with Gasteiger partial charge >= 0.3 is 6.09 Å². The zero-order chi connectivity index (χ0) is 16.9. The second kappa shape index (κ2) is 7.81. The molecule has 0 aliphatic rings. The monoisotopic (exact) mass is 423 g/mol. The predicted molar refractivity (Wildman–Crippen MR) is 103 cm³/mol. The molecule has 0 N–H and O–H groups in total. The highest BCUT2D eigenvalue weighted by molar-refractivity contribution is 14.1. The average Bonchev–Trinajstić information content (AvgIpc) is 2.48. The zero-order valence-electron chi connectivity index (χ0n) is 13.8. The van der Waals surface area contributed by atoms with Gasteiger partial charge in [-0.25, -0.2) is 4.79 Å². The third-order valence-electron chi connectivity index (χ3n) is 3.22. The number of carbonyl (C=O) groups excluding carboxylic acids is 1. The summed E-state index contributed by atoms with van der Waals surface area (Å²) >= 11 is 2.25. The minimum Gasteiger partial charge on any atom is -0.443 e. The normalized spacial score (nSPS) is 11.1. The second-order valence-corrected chi connectivity index (χ2v) is 7.48. The van der Waals surface area contributed by atoms with Gasteiger partial charge in [-0.15, -0.1) is 0 Å². The van der Waals surface area contributed by atoms with E-state index in [0.29, 0.717) is 6.54 Å². The molecule has 0 aliphatic heterocycles. The van der Waals surface area contributed by atoms with E-state index in [4.69, 9.17) is 4.74 Å². The van der Waals surface area contributed by atoms with Gasteiger partial charge in [0, 0.05) is 10.1 Å². The standard InChI is InChI=1S/C19H22INO2/c1-19(2,3)23-18(22)21(17-12-8-7-11-16(17)20)14-13-15-9-5-4-6-10-15/h4-12H,13-14H2,1-3H3. The minimum atomic E-state index is -0.512. The molecule has 122 valence electrons. The molecular weight excluding hydrogens is 401 g/mol. The lowest BCUT2D eigenvalue weighted by molar-refractivity contribution is 0.0580. The van der Waals surface area contributed by atoms with Gasteiger partial charge in [-0.05, 0) is 67.5 Å². The number of benzene rings is 2. The van der Waals surface area contributed by atoms with Gasteiger partial charge in [0.2, 0.25) is 0 Å². The quantitative estimate of drug-likeness (QED) is 0.627. The maximum absolute atomic E-state index is 12.6. The van der Waals surface area contributed by atoms with E-state index in [-0.39, 0.29) is 6.09 Å². The van der Waals surface area contributed by atoms with E-state index in [9.17, 15) is 4.79 Å². The molecule has 0 saturated heterocycles. The van der Waals surface area contributed by atoms with Crippen LogP contribution in [-0.2, 0) is 11.2 Å². The number of amides is 1. The van der Waals surface area contributed by atoms with Gasteiger partial charge in [0.05, 0.1) is 5.69 Å². The minimum absolute atomic E-state index is 0.308.